The molecule has 1 atom stereocenters. The number of hydrogen-bond acceptors (Lipinski definition) is 4. The SMILES string of the molecule is CN[C@@H]1CCCN(Cc2nccnc2Cl)C1. The number of nitrogens with one attached hydrogen (secondary N) is 1. The normalized spacial score (nSPS) is 22.2. The maximum atomic E-state index is 6.00. The van der Waals surface area contributed by atoms with E-state index in [0.29, 0.717) is 11.2 Å². The van der Waals surface area contributed by atoms with Crippen molar-refractivity contribution in [2.75, 3.05) is 20.1 Å². The molecule has 0 radical (unpaired) electrons. The Kier molecular flexibility index (Phi) is 4.09. The van der Waals surface area contributed by atoms with Crippen molar-refractivity contribution in [1.82, 2.24) is 20.2 Å². The summed E-state index contributed by atoms with van der Waals surface area (Å²) < 4.78 is 0. The predicted molar refractivity (Wildman–Crippen MR) is 64.4 cm³/mol. The number of aromatic nitrogens is 2. The van der Waals surface area contributed by atoms with Gasteiger partial charge in [-0.3, -0.25) is 9.88 Å². The Morgan fingerprint density at radius 2 is 2.31 bits per heavy atom. The topological polar surface area (TPSA) is 41.0 Å². The third-order valence-corrected chi connectivity index (χ3v) is 3.33. The van der Waals surface area contributed by atoms with Gasteiger partial charge >= 0.3 is 0 Å². The van der Waals surface area contributed by atoms with Crippen molar-refractivity contribution in [3.05, 3.63) is 23.2 Å². The summed E-state index contributed by atoms with van der Waals surface area (Å²) in [4.78, 5) is 10.7. The van der Waals surface area contributed by atoms with Crippen molar-refractivity contribution in [3.8, 4) is 0 Å². The molecule has 0 saturated carbocycles. The van der Waals surface area contributed by atoms with Crippen LogP contribution in [-0.2, 0) is 6.54 Å². The minimum atomic E-state index is 0.522. The van der Waals surface area contributed by atoms with Crippen molar-refractivity contribution in [2.45, 2.75) is 25.4 Å². The Bertz CT molecular complexity index is 345. The lowest BCUT2D eigenvalue weighted by atomic mass is 10.1. The number of nitrogens with zero attached hydrogens (tertiary/aromatic N) is 3. The van der Waals surface area contributed by atoms with Gasteiger partial charge in [0.25, 0.3) is 0 Å². The number of halogens is 1. The van der Waals surface area contributed by atoms with E-state index in [4.69, 9.17) is 11.6 Å². The molecule has 1 fully saturated rings. The van der Waals surface area contributed by atoms with Crippen molar-refractivity contribution < 1.29 is 0 Å². The van der Waals surface area contributed by atoms with E-state index in [0.717, 1.165) is 25.3 Å². The first-order valence-electron chi connectivity index (χ1n) is 5.64. The van der Waals surface area contributed by atoms with Gasteiger partial charge in [0.15, 0.2) is 5.15 Å². The third-order valence-electron chi connectivity index (χ3n) is 3.01. The molecular weight excluding hydrogens is 224 g/mol. The highest BCUT2D eigenvalue weighted by molar-refractivity contribution is 6.29. The lowest BCUT2D eigenvalue weighted by Crippen LogP contribution is -2.44. The van der Waals surface area contributed by atoms with Crippen LogP contribution in [0.4, 0.5) is 0 Å². The van der Waals surface area contributed by atoms with Crippen LogP contribution in [0.5, 0.6) is 0 Å². The lowest BCUT2D eigenvalue weighted by Gasteiger charge is -2.32. The second-order valence-corrected chi connectivity index (χ2v) is 4.51. The van der Waals surface area contributed by atoms with Gasteiger partial charge in [-0.15, -0.1) is 0 Å². The van der Waals surface area contributed by atoms with E-state index in [2.05, 4.69) is 20.2 Å². The summed E-state index contributed by atoms with van der Waals surface area (Å²) in [6, 6.07) is 0.587. The highest BCUT2D eigenvalue weighted by Gasteiger charge is 2.19. The molecule has 1 aromatic rings. The van der Waals surface area contributed by atoms with Crippen LogP contribution in [0.1, 0.15) is 18.5 Å². The average molecular weight is 241 g/mol. The van der Waals surface area contributed by atoms with Gasteiger partial charge in [-0.05, 0) is 26.4 Å². The monoisotopic (exact) mass is 240 g/mol. The van der Waals surface area contributed by atoms with Crippen LogP contribution in [0.2, 0.25) is 5.15 Å². The summed E-state index contributed by atoms with van der Waals surface area (Å²) in [5.41, 5.74) is 0.876. The van der Waals surface area contributed by atoms with Gasteiger partial charge in [-0.1, -0.05) is 11.6 Å². The van der Waals surface area contributed by atoms with E-state index in [1.807, 2.05) is 7.05 Å². The summed E-state index contributed by atoms with van der Waals surface area (Å²) in [6.45, 7) is 2.97. The van der Waals surface area contributed by atoms with Crippen LogP contribution in [0, 0.1) is 0 Å². The first-order valence-corrected chi connectivity index (χ1v) is 6.02. The number of likely N-dealkylation sites (tertiary alicyclic amines) is 1. The molecule has 88 valence electrons. The van der Waals surface area contributed by atoms with Crippen LogP contribution in [0.3, 0.4) is 0 Å². The summed E-state index contributed by atoms with van der Waals surface area (Å²) in [7, 11) is 2.02. The zero-order valence-corrected chi connectivity index (χ0v) is 10.2. The van der Waals surface area contributed by atoms with Crippen LogP contribution < -0.4 is 5.32 Å². The summed E-state index contributed by atoms with van der Waals surface area (Å²) >= 11 is 6.00. The zero-order valence-electron chi connectivity index (χ0n) is 9.49. The number of likely N-dealkylation sites (N-methyl/N-ethyl adjacent to an activating group) is 1. The molecule has 0 aromatic carbocycles. The van der Waals surface area contributed by atoms with Crippen molar-refractivity contribution in [1.29, 1.82) is 0 Å². The molecule has 0 spiro atoms. The number of piperidine rings is 1. The van der Waals surface area contributed by atoms with E-state index in [-0.39, 0.29) is 0 Å². The standard InChI is InChI=1S/C11H17ClN4/c1-13-9-3-2-6-16(7-9)8-10-11(12)15-5-4-14-10/h4-5,9,13H,2-3,6-8H2,1H3/t9-/m1/s1. The largest absolute Gasteiger partial charge is 0.316 e. The maximum absolute atomic E-state index is 6.00. The Labute approximate surface area is 101 Å². The van der Waals surface area contributed by atoms with Crippen molar-refractivity contribution in [3.63, 3.8) is 0 Å². The maximum Gasteiger partial charge on any atom is 0.151 e. The molecule has 16 heavy (non-hydrogen) atoms. The Balaban J connectivity index is 1.97. The fourth-order valence-corrected chi connectivity index (χ4v) is 2.27. The fraction of sp³-hybridized carbons (Fsp3) is 0.636. The smallest absolute Gasteiger partial charge is 0.151 e. The second-order valence-electron chi connectivity index (χ2n) is 4.16. The van der Waals surface area contributed by atoms with Gasteiger partial charge in [0.05, 0.1) is 5.69 Å². The molecule has 0 amide bonds. The molecule has 0 bridgehead atoms. The van der Waals surface area contributed by atoms with Gasteiger partial charge in [0, 0.05) is 31.5 Å². The number of rotatable bonds is 3. The highest BCUT2D eigenvalue weighted by atomic mass is 35.5. The first-order chi connectivity index (χ1) is 7.79. The molecule has 0 aliphatic carbocycles. The van der Waals surface area contributed by atoms with E-state index < -0.39 is 0 Å². The molecule has 1 saturated heterocycles. The van der Waals surface area contributed by atoms with Crippen LogP contribution in [0.15, 0.2) is 12.4 Å². The lowest BCUT2D eigenvalue weighted by molar-refractivity contribution is 0.186. The van der Waals surface area contributed by atoms with Gasteiger partial charge in [-0.25, -0.2) is 4.98 Å². The Hall–Kier alpha value is -0.710. The summed E-state index contributed by atoms with van der Waals surface area (Å²) in [6.07, 6.45) is 5.80. The van der Waals surface area contributed by atoms with Gasteiger partial charge < -0.3 is 5.32 Å². The highest BCUT2D eigenvalue weighted by Crippen LogP contribution is 2.15. The van der Waals surface area contributed by atoms with Gasteiger partial charge in [-0.2, -0.15) is 0 Å². The minimum absolute atomic E-state index is 0.522. The van der Waals surface area contributed by atoms with Crippen LogP contribution in [-0.4, -0.2) is 41.0 Å². The van der Waals surface area contributed by atoms with Gasteiger partial charge in [0.1, 0.15) is 0 Å². The molecule has 5 heteroatoms. The van der Waals surface area contributed by atoms with E-state index in [1.54, 1.807) is 12.4 Å². The van der Waals surface area contributed by atoms with E-state index >= 15 is 0 Å². The average Bonchev–Trinajstić information content (AvgIpc) is 2.32. The zero-order chi connectivity index (χ0) is 11.4. The molecule has 1 aliphatic heterocycles. The molecule has 2 heterocycles. The minimum Gasteiger partial charge on any atom is -0.316 e. The van der Waals surface area contributed by atoms with Crippen molar-refractivity contribution >= 4 is 11.6 Å². The molecule has 2 rings (SSSR count). The second kappa shape index (κ2) is 5.57. The predicted octanol–water partition coefficient (Wildman–Crippen LogP) is 1.31. The van der Waals surface area contributed by atoms with E-state index in [9.17, 15) is 0 Å². The molecule has 4 nitrogen and oxygen atoms in total. The molecule has 1 aromatic heterocycles. The van der Waals surface area contributed by atoms with Crippen LogP contribution >= 0.6 is 11.6 Å². The van der Waals surface area contributed by atoms with E-state index in [1.165, 1.54) is 12.8 Å². The Morgan fingerprint density at radius 1 is 1.50 bits per heavy atom. The number of hydrogen-bond donors (Lipinski definition) is 1. The fourth-order valence-electron chi connectivity index (χ4n) is 2.10. The Morgan fingerprint density at radius 3 is 3.06 bits per heavy atom. The van der Waals surface area contributed by atoms with Crippen molar-refractivity contribution in [2.24, 2.45) is 0 Å². The third kappa shape index (κ3) is 2.90. The molecule has 1 aliphatic rings. The molecule has 1 N–H and O–H groups in total. The quantitative estimate of drug-likeness (QED) is 0.865. The summed E-state index contributed by atoms with van der Waals surface area (Å²) in [5, 5.41) is 3.85. The van der Waals surface area contributed by atoms with Crippen LogP contribution in [0.25, 0.3) is 0 Å². The molecular formula is C11H17ClN4. The van der Waals surface area contributed by atoms with Gasteiger partial charge in [0.2, 0.25) is 0 Å². The summed E-state index contributed by atoms with van der Waals surface area (Å²) in [5.74, 6) is 0. The first kappa shape index (κ1) is 11.8. The molecule has 0 unspecified atom stereocenters.